The number of halogens is 1. The number of aryl methyl sites for hydroxylation is 1. The van der Waals surface area contributed by atoms with Gasteiger partial charge in [0.05, 0.1) is 5.69 Å². The highest BCUT2D eigenvalue weighted by Gasteiger charge is 2.11. The first-order chi connectivity index (χ1) is 10.1. The molecule has 0 aliphatic carbocycles. The molecule has 0 saturated carbocycles. The van der Waals surface area contributed by atoms with Crippen molar-refractivity contribution >= 4 is 11.6 Å². The van der Waals surface area contributed by atoms with Gasteiger partial charge in [-0.25, -0.2) is 4.39 Å². The standard InChI is InChI=1S/C17H19FN2O/c1-12(7-8-13-5-3-2-4-6-13)20-17(21)14-9-10-16(19)15(18)11-14/h2-6,9-12H,7-8,19H2,1H3,(H,20,21). The van der Waals surface area contributed by atoms with Crippen LogP contribution in [0.15, 0.2) is 48.5 Å². The Morgan fingerprint density at radius 3 is 2.62 bits per heavy atom. The van der Waals surface area contributed by atoms with Gasteiger partial charge in [-0.3, -0.25) is 4.79 Å². The van der Waals surface area contributed by atoms with Gasteiger partial charge in [0.1, 0.15) is 5.82 Å². The molecule has 21 heavy (non-hydrogen) atoms. The summed E-state index contributed by atoms with van der Waals surface area (Å²) in [5.74, 6) is -0.853. The SMILES string of the molecule is CC(CCc1ccccc1)NC(=O)c1ccc(N)c(F)c1. The number of nitrogens with one attached hydrogen (secondary N) is 1. The Labute approximate surface area is 124 Å². The average Bonchev–Trinajstić information content (AvgIpc) is 2.49. The van der Waals surface area contributed by atoms with E-state index in [9.17, 15) is 9.18 Å². The van der Waals surface area contributed by atoms with Crippen molar-refractivity contribution in [2.45, 2.75) is 25.8 Å². The lowest BCUT2D eigenvalue weighted by molar-refractivity contribution is 0.0938. The summed E-state index contributed by atoms with van der Waals surface area (Å²) in [5.41, 5.74) is 6.96. The van der Waals surface area contributed by atoms with Crippen molar-refractivity contribution in [1.82, 2.24) is 5.32 Å². The number of nitrogens with two attached hydrogens (primary N) is 1. The fraction of sp³-hybridized carbons (Fsp3) is 0.235. The van der Waals surface area contributed by atoms with Crippen LogP contribution in [0.4, 0.5) is 10.1 Å². The van der Waals surface area contributed by atoms with Crippen LogP contribution in [0.1, 0.15) is 29.3 Å². The van der Waals surface area contributed by atoms with E-state index in [2.05, 4.69) is 17.4 Å². The first-order valence-electron chi connectivity index (χ1n) is 6.96. The van der Waals surface area contributed by atoms with Gasteiger partial charge in [0.15, 0.2) is 0 Å². The summed E-state index contributed by atoms with van der Waals surface area (Å²) in [5, 5.41) is 2.87. The zero-order valence-corrected chi connectivity index (χ0v) is 12.0. The highest BCUT2D eigenvalue weighted by atomic mass is 19.1. The van der Waals surface area contributed by atoms with Crippen LogP contribution in [0.3, 0.4) is 0 Å². The van der Waals surface area contributed by atoms with Crippen molar-refractivity contribution in [1.29, 1.82) is 0 Å². The van der Waals surface area contributed by atoms with Crippen molar-refractivity contribution in [3.63, 3.8) is 0 Å². The number of carbonyl (C=O) groups excluding carboxylic acids is 1. The Bertz CT molecular complexity index is 613. The van der Waals surface area contributed by atoms with Crippen LogP contribution in [0.25, 0.3) is 0 Å². The Morgan fingerprint density at radius 2 is 1.95 bits per heavy atom. The summed E-state index contributed by atoms with van der Waals surface area (Å²) in [6.45, 7) is 1.94. The molecule has 0 heterocycles. The molecule has 2 aromatic carbocycles. The molecule has 0 saturated heterocycles. The first kappa shape index (κ1) is 15.0. The van der Waals surface area contributed by atoms with Gasteiger partial charge in [-0.1, -0.05) is 30.3 Å². The quantitative estimate of drug-likeness (QED) is 0.830. The maximum absolute atomic E-state index is 13.3. The van der Waals surface area contributed by atoms with E-state index in [0.29, 0.717) is 0 Å². The van der Waals surface area contributed by atoms with Crippen LogP contribution in [-0.2, 0) is 6.42 Å². The molecule has 110 valence electrons. The maximum Gasteiger partial charge on any atom is 0.251 e. The molecule has 1 unspecified atom stereocenters. The van der Waals surface area contributed by atoms with Gasteiger partial charge >= 0.3 is 0 Å². The Hall–Kier alpha value is -2.36. The highest BCUT2D eigenvalue weighted by molar-refractivity contribution is 5.94. The van der Waals surface area contributed by atoms with Crippen molar-refractivity contribution in [3.05, 3.63) is 65.5 Å². The van der Waals surface area contributed by atoms with Gasteiger partial charge in [0, 0.05) is 11.6 Å². The van der Waals surface area contributed by atoms with Crippen molar-refractivity contribution < 1.29 is 9.18 Å². The predicted octanol–water partition coefficient (Wildman–Crippen LogP) is 3.16. The lowest BCUT2D eigenvalue weighted by atomic mass is 10.1. The largest absolute Gasteiger partial charge is 0.396 e. The van der Waals surface area contributed by atoms with Gasteiger partial charge in [0.25, 0.3) is 5.91 Å². The van der Waals surface area contributed by atoms with Gasteiger partial charge in [-0.15, -0.1) is 0 Å². The van der Waals surface area contributed by atoms with E-state index < -0.39 is 5.82 Å². The summed E-state index contributed by atoms with van der Waals surface area (Å²) >= 11 is 0. The summed E-state index contributed by atoms with van der Waals surface area (Å²) in [6, 6.07) is 14.2. The zero-order chi connectivity index (χ0) is 15.2. The van der Waals surface area contributed by atoms with Crippen molar-refractivity contribution in [3.8, 4) is 0 Å². The molecule has 4 heteroatoms. The molecule has 0 fully saturated rings. The second-order valence-corrected chi connectivity index (χ2v) is 5.14. The van der Waals surface area contributed by atoms with E-state index in [1.165, 1.54) is 17.7 Å². The molecule has 0 bridgehead atoms. The molecule has 2 aromatic rings. The van der Waals surface area contributed by atoms with Crippen LogP contribution >= 0.6 is 0 Å². The van der Waals surface area contributed by atoms with Gasteiger partial charge in [-0.05, 0) is 43.5 Å². The van der Waals surface area contributed by atoms with E-state index >= 15 is 0 Å². The van der Waals surface area contributed by atoms with E-state index in [-0.39, 0.29) is 23.2 Å². The molecular weight excluding hydrogens is 267 g/mol. The fourth-order valence-electron chi connectivity index (χ4n) is 2.08. The Balaban J connectivity index is 1.88. The molecule has 2 rings (SSSR count). The maximum atomic E-state index is 13.3. The van der Waals surface area contributed by atoms with Crippen molar-refractivity contribution in [2.24, 2.45) is 0 Å². The van der Waals surface area contributed by atoms with Crippen LogP contribution in [0.5, 0.6) is 0 Å². The third-order valence-electron chi connectivity index (χ3n) is 3.35. The monoisotopic (exact) mass is 286 g/mol. The van der Waals surface area contributed by atoms with Crippen LogP contribution in [-0.4, -0.2) is 11.9 Å². The summed E-state index contributed by atoms with van der Waals surface area (Å²) in [4.78, 5) is 12.0. The van der Waals surface area contributed by atoms with E-state index in [4.69, 9.17) is 5.73 Å². The molecular formula is C17H19FN2O. The molecule has 0 radical (unpaired) electrons. The summed E-state index contributed by atoms with van der Waals surface area (Å²) in [7, 11) is 0. The topological polar surface area (TPSA) is 55.1 Å². The number of nitrogen functional groups attached to an aromatic ring is 1. The minimum atomic E-state index is -0.570. The smallest absolute Gasteiger partial charge is 0.251 e. The number of benzene rings is 2. The molecule has 0 aliphatic rings. The lowest BCUT2D eigenvalue weighted by Gasteiger charge is -2.14. The molecule has 3 N–H and O–H groups in total. The number of carbonyl (C=O) groups is 1. The fourth-order valence-corrected chi connectivity index (χ4v) is 2.08. The minimum absolute atomic E-state index is 0.0123. The molecule has 1 atom stereocenters. The molecule has 0 spiro atoms. The predicted molar refractivity (Wildman–Crippen MR) is 82.5 cm³/mol. The third kappa shape index (κ3) is 4.31. The van der Waals surface area contributed by atoms with Crippen LogP contribution in [0.2, 0.25) is 0 Å². The third-order valence-corrected chi connectivity index (χ3v) is 3.35. The Kier molecular flexibility index (Phi) is 4.93. The van der Waals surface area contributed by atoms with Gasteiger partial charge in [0.2, 0.25) is 0 Å². The molecule has 1 amide bonds. The summed E-state index contributed by atoms with van der Waals surface area (Å²) < 4.78 is 13.3. The highest BCUT2D eigenvalue weighted by Crippen LogP contribution is 2.12. The number of amides is 1. The molecule has 3 nitrogen and oxygen atoms in total. The van der Waals surface area contributed by atoms with Gasteiger partial charge < -0.3 is 11.1 Å². The zero-order valence-electron chi connectivity index (χ0n) is 12.0. The van der Waals surface area contributed by atoms with E-state index in [1.807, 2.05) is 25.1 Å². The lowest BCUT2D eigenvalue weighted by Crippen LogP contribution is -2.33. The van der Waals surface area contributed by atoms with Crippen LogP contribution in [0, 0.1) is 5.82 Å². The number of hydrogen-bond donors (Lipinski definition) is 2. The average molecular weight is 286 g/mol. The van der Waals surface area contributed by atoms with E-state index in [0.717, 1.165) is 18.9 Å². The first-order valence-corrected chi connectivity index (χ1v) is 6.96. The number of rotatable bonds is 5. The second kappa shape index (κ2) is 6.88. The second-order valence-electron chi connectivity index (χ2n) is 5.14. The minimum Gasteiger partial charge on any atom is -0.396 e. The van der Waals surface area contributed by atoms with Crippen LogP contribution < -0.4 is 11.1 Å². The Morgan fingerprint density at radius 1 is 1.24 bits per heavy atom. The number of anilines is 1. The van der Waals surface area contributed by atoms with E-state index in [1.54, 1.807) is 0 Å². The number of hydrogen-bond acceptors (Lipinski definition) is 2. The summed E-state index contributed by atoms with van der Waals surface area (Å²) in [6.07, 6.45) is 1.71. The molecule has 0 aromatic heterocycles. The van der Waals surface area contributed by atoms with Crippen molar-refractivity contribution in [2.75, 3.05) is 5.73 Å². The van der Waals surface area contributed by atoms with Gasteiger partial charge in [-0.2, -0.15) is 0 Å². The molecule has 0 aliphatic heterocycles. The normalized spacial score (nSPS) is 11.9.